The van der Waals surface area contributed by atoms with Crippen LogP contribution in [0.1, 0.15) is 34.1 Å². The monoisotopic (exact) mass is 273 g/mol. The van der Waals surface area contributed by atoms with E-state index in [0.717, 1.165) is 32.1 Å². The van der Waals surface area contributed by atoms with Gasteiger partial charge in [0.1, 0.15) is 0 Å². The van der Waals surface area contributed by atoms with Crippen LogP contribution in [-0.2, 0) is 9.47 Å². The fraction of sp³-hybridized carbons (Fsp3) is 0.929. The molecule has 0 bridgehead atoms. The minimum Gasteiger partial charge on any atom is -0.381 e. The zero-order valence-corrected chi connectivity index (χ0v) is 13.4. The molecule has 0 heterocycles. The summed E-state index contributed by atoms with van der Waals surface area (Å²) in [5.74, 6) is 1.40. The van der Waals surface area contributed by atoms with Crippen LogP contribution in [0, 0.1) is 5.92 Å². The third-order valence-electron chi connectivity index (χ3n) is 2.67. The zero-order valence-electron chi connectivity index (χ0n) is 13.4. The Balaban J connectivity index is 3.67. The summed E-state index contributed by atoms with van der Waals surface area (Å²) in [6.07, 6.45) is 0.973. The lowest BCUT2D eigenvalue weighted by atomic mass is 10.1. The molecule has 0 unspecified atom stereocenters. The molecule has 0 saturated carbocycles. The average molecular weight is 273 g/mol. The van der Waals surface area contributed by atoms with Crippen molar-refractivity contribution in [3.05, 3.63) is 0 Å². The van der Waals surface area contributed by atoms with Crippen LogP contribution in [0.15, 0.2) is 4.99 Å². The van der Waals surface area contributed by atoms with Crippen molar-refractivity contribution < 1.29 is 9.47 Å². The minimum absolute atomic E-state index is 0.196. The third-order valence-corrected chi connectivity index (χ3v) is 2.67. The summed E-state index contributed by atoms with van der Waals surface area (Å²) in [5.41, 5.74) is -0.196. The van der Waals surface area contributed by atoms with Gasteiger partial charge in [-0.3, -0.25) is 4.99 Å². The number of rotatable bonds is 9. The van der Waals surface area contributed by atoms with Crippen LogP contribution in [0.4, 0.5) is 0 Å². The predicted molar refractivity (Wildman–Crippen MR) is 80.7 cm³/mol. The van der Waals surface area contributed by atoms with Gasteiger partial charge in [0.05, 0.1) is 5.60 Å². The van der Waals surface area contributed by atoms with E-state index in [9.17, 15) is 0 Å². The highest BCUT2D eigenvalue weighted by molar-refractivity contribution is 5.79. The standard InChI is InChI=1S/C14H31N3O2/c1-12(2)10-19-9-7-8-16-13(15-5)17-11-14(3,4)18-6/h12H,7-11H2,1-6H3,(H2,15,16,17). The molecule has 0 amide bonds. The summed E-state index contributed by atoms with van der Waals surface area (Å²) in [7, 11) is 3.48. The molecule has 0 aliphatic heterocycles. The average Bonchev–Trinajstić information content (AvgIpc) is 2.36. The molecule has 0 aliphatic rings. The Morgan fingerprint density at radius 1 is 1.26 bits per heavy atom. The van der Waals surface area contributed by atoms with Crippen molar-refractivity contribution in [2.24, 2.45) is 10.9 Å². The van der Waals surface area contributed by atoms with E-state index in [-0.39, 0.29) is 5.60 Å². The van der Waals surface area contributed by atoms with Crippen LogP contribution >= 0.6 is 0 Å². The maximum absolute atomic E-state index is 5.52. The number of aliphatic imine (C=N–C) groups is 1. The molecule has 0 aromatic carbocycles. The van der Waals surface area contributed by atoms with Gasteiger partial charge in [0.25, 0.3) is 0 Å². The number of hydrogen-bond donors (Lipinski definition) is 2. The Hall–Kier alpha value is -0.810. The molecular formula is C14H31N3O2. The number of methoxy groups -OCH3 is 1. The normalized spacial score (nSPS) is 12.9. The van der Waals surface area contributed by atoms with E-state index in [1.807, 2.05) is 13.8 Å². The SMILES string of the molecule is CN=C(NCCCOCC(C)C)NCC(C)(C)OC. The van der Waals surface area contributed by atoms with Crippen molar-refractivity contribution in [2.75, 3.05) is 40.5 Å². The van der Waals surface area contributed by atoms with Crippen LogP contribution in [0.25, 0.3) is 0 Å². The second-order valence-corrected chi connectivity index (χ2v) is 5.64. The van der Waals surface area contributed by atoms with Crippen molar-refractivity contribution in [3.8, 4) is 0 Å². The Bertz CT molecular complexity index is 253. The summed E-state index contributed by atoms with van der Waals surface area (Å²) in [6, 6.07) is 0. The van der Waals surface area contributed by atoms with Crippen molar-refractivity contribution in [3.63, 3.8) is 0 Å². The molecule has 0 fully saturated rings. The topological polar surface area (TPSA) is 54.9 Å². The van der Waals surface area contributed by atoms with E-state index in [0.29, 0.717) is 12.5 Å². The fourth-order valence-corrected chi connectivity index (χ4v) is 1.29. The smallest absolute Gasteiger partial charge is 0.191 e. The molecule has 0 aromatic rings. The molecule has 0 aromatic heterocycles. The second-order valence-electron chi connectivity index (χ2n) is 5.64. The molecular weight excluding hydrogens is 242 g/mol. The maximum Gasteiger partial charge on any atom is 0.191 e. The van der Waals surface area contributed by atoms with Gasteiger partial charge in [-0.25, -0.2) is 0 Å². The molecule has 0 aliphatic carbocycles. The molecule has 19 heavy (non-hydrogen) atoms. The van der Waals surface area contributed by atoms with E-state index in [1.54, 1.807) is 14.2 Å². The van der Waals surface area contributed by atoms with Gasteiger partial charge < -0.3 is 20.1 Å². The zero-order chi connectivity index (χ0) is 14.7. The summed E-state index contributed by atoms with van der Waals surface area (Å²) < 4.78 is 10.9. The van der Waals surface area contributed by atoms with Crippen LogP contribution in [0.2, 0.25) is 0 Å². The molecule has 0 spiro atoms. The van der Waals surface area contributed by atoms with Gasteiger partial charge in [0.2, 0.25) is 0 Å². The highest BCUT2D eigenvalue weighted by Gasteiger charge is 2.16. The molecule has 114 valence electrons. The highest BCUT2D eigenvalue weighted by Crippen LogP contribution is 2.04. The van der Waals surface area contributed by atoms with Gasteiger partial charge in [0, 0.05) is 40.5 Å². The number of ether oxygens (including phenoxy) is 2. The largest absolute Gasteiger partial charge is 0.381 e. The lowest BCUT2D eigenvalue weighted by molar-refractivity contribution is 0.0268. The van der Waals surface area contributed by atoms with E-state index in [2.05, 4.69) is 29.5 Å². The second kappa shape index (κ2) is 10.0. The van der Waals surface area contributed by atoms with E-state index in [1.165, 1.54) is 0 Å². The van der Waals surface area contributed by atoms with Crippen molar-refractivity contribution in [2.45, 2.75) is 39.7 Å². The number of nitrogens with one attached hydrogen (secondary N) is 2. The van der Waals surface area contributed by atoms with Gasteiger partial charge in [-0.2, -0.15) is 0 Å². The molecule has 0 atom stereocenters. The number of guanidine groups is 1. The van der Waals surface area contributed by atoms with Gasteiger partial charge in [-0.15, -0.1) is 0 Å². The number of nitrogens with zero attached hydrogens (tertiary/aromatic N) is 1. The van der Waals surface area contributed by atoms with Crippen molar-refractivity contribution in [1.82, 2.24) is 10.6 Å². The lowest BCUT2D eigenvalue weighted by Gasteiger charge is -2.24. The van der Waals surface area contributed by atoms with E-state index >= 15 is 0 Å². The van der Waals surface area contributed by atoms with Crippen molar-refractivity contribution >= 4 is 5.96 Å². The Morgan fingerprint density at radius 2 is 1.95 bits per heavy atom. The van der Waals surface area contributed by atoms with Gasteiger partial charge in [-0.05, 0) is 26.2 Å². The first-order valence-electron chi connectivity index (χ1n) is 6.98. The maximum atomic E-state index is 5.52. The van der Waals surface area contributed by atoms with Crippen LogP contribution in [0.3, 0.4) is 0 Å². The first-order valence-corrected chi connectivity index (χ1v) is 6.98. The van der Waals surface area contributed by atoms with Crippen LogP contribution < -0.4 is 10.6 Å². The first-order chi connectivity index (χ1) is 8.91. The Kier molecular flexibility index (Phi) is 9.61. The molecule has 0 radical (unpaired) electrons. The fourth-order valence-electron chi connectivity index (χ4n) is 1.29. The minimum atomic E-state index is -0.196. The molecule has 2 N–H and O–H groups in total. The summed E-state index contributed by atoms with van der Waals surface area (Å²) >= 11 is 0. The summed E-state index contributed by atoms with van der Waals surface area (Å²) in [6.45, 7) is 11.6. The predicted octanol–water partition coefficient (Wildman–Crippen LogP) is 1.64. The van der Waals surface area contributed by atoms with E-state index < -0.39 is 0 Å². The van der Waals surface area contributed by atoms with Gasteiger partial charge in [-0.1, -0.05) is 13.8 Å². The summed E-state index contributed by atoms with van der Waals surface area (Å²) in [5, 5.41) is 6.50. The van der Waals surface area contributed by atoms with Crippen LogP contribution in [-0.4, -0.2) is 52.0 Å². The lowest BCUT2D eigenvalue weighted by Crippen LogP contribution is -2.45. The molecule has 0 rings (SSSR count). The quantitative estimate of drug-likeness (QED) is 0.381. The van der Waals surface area contributed by atoms with Gasteiger partial charge >= 0.3 is 0 Å². The highest BCUT2D eigenvalue weighted by atomic mass is 16.5. The van der Waals surface area contributed by atoms with Crippen molar-refractivity contribution in [1.29, 1.82) is 0 Å². The molecule has 0 saturated heterocycles. The number of hydrogen-bond acceptors (Lipinski definition) is 3. The first kappa shape index (κ1) is 18.2. The summed E-state index contributed by atoms with van der Waals surface area (Å²) in [4.78, 5) is 4.17. The Labute approximate surface area is 118 Å². The molecule has 5 heteroatoms. The van der Waals surface area contributed by atoms with Gasteiger partial charge in [0.15, 0.2) is 5.96 Å². The third kappa shape index (κ3) is 10.8. The van der Waals surface area contributed by atoms with E-state index in [4.69, 9.17) is 9.47 Å². The Morgan fingerprint density at radius 3 is 2.47 bits per heavy atom. The van der Waals surface area contributed by atoms with Crippen LogP contribution in [0.5, 0.6) is 0 Å². The molecule has 5 nitrogen and oxygen atoms in total.